The molecule has 100 valence electrons. The van der Waals surface area contributed by atoms with Crippen LogP contribution in [-0.4, -0.2) is 17.6 Å². The summed E-state index contributed by atoms with van der Waals surface area (Å²) in [7, 11) is 0. The first-order valence-corrected chi connectivity index (χ1v) is 6.74. The second-order valence-corrected chi connectivity index (χ2v) is 5.16. The first-order valence-electron chi connectivity index (χ1n) is 5.80. The average Bonchev–Trinajstić information content (AvgIpc) is 2.89. The minimum absolute atomic E-state index is 0.135. The van der Waals surface area contributed by atoms with Gasteiger partial charge in [0.15, 0.2) is 0 Å². The van der Waals surface area contributed by atoms with E-state index in [4.69, 9.17) is 5.73 Å². The van der Waals surface area contributed by atoms with Gasteiger partial charge in [0.2, 0.25) is 0 Å². The smallest absolute Gasteiger partial charge is 0.315 e. The third-order valence-corrected chi connectivity index (χ3v) is 3.97. The summed E-state index contributed by atoms with van der Waals surface area (Å²) < 4.78 is 13.9. The van der Waals surface area contributed by atoms with Gasteiger partial charge in [-0.1, -0.05) is 18.2 Å². The topological polar surface area (TPSA) is 63.3 Å². The molecule has 3 N–H and O–H groups in total. The largest absolute Gasteiger partial charge is 0.481 e. The molecule has 0 amide bonds. The summed E-state index contributed by atoms with van der Waals surface area (Å²) >= 11 is 1.47. The van der Waals surface area contributed by atoms with E-state index < -0.39 is 17.2 Å². The molecule has 1 unspecified atom stereocenters. The van der Waals surface area contributed by atoms with Crippen LogP contribution >= 0.6 is 11.3 Å². The maximum absolute atomic E-state index is 13.9. The van der Waals surface area contributed by atoms with Gasteiger partial charge in [-0.25, -0.2) is 4.39 Å². The Balaban J connectivity index is 2.51. The molecule has 0 bridgehead atoms. The maximum atomic E-state index is 13.9. The Morgan fingerprint density at radius 2 is 2.11 bits per heavy atom. The maximum Gasteiger partial charge on any atom is 0.315 e. The first kappa shape index (κ1) is 13.7. The van der Waals surface area contributed by atoms with Crippen molar-refractivity contribution in [2.24, 2.45) is 5.73 Å². The third-order valence-electron chi connectivity index (χ3n) is 3.23. The van der Waals surface area contributed by atoms with Crippen LogP contribution in [0.3, 0.4) is 0 Å². The number of nitrogens with two attached hydrogens (primary N) is 1. The lowest BCUT2D eigenvalue weighted by atomic mass is 9.75. The minimum atomic E-state index is -1.42. The molecule has 0 aliphatic carbocycles. The molecule has 1 heterocycles. The van der Waals surface area contributed by atoms with Gasteiger partial charge in [0.05, 0.1) is 0 Å². The number of carboxylic acids is 1. The van der Waals surface area contributed by atoms with E-state index in [1.54, 1.807) is 6.07 Å². The van der Waals surface area contributed by atoms with Gasteiger partial charge in [-0.15, -0.1) is 0 Å². The molecule has 0 aliphatic rings. The zero-order valence-electron chi connectivity index (χ0n) is 10.2. The molecule has 2 aromatic rings. The van der Waals surface area contributed by atoms with E-state index in [-0.39, 0.29) is 18.5 Å². The summed E-state index contributed by atoms with van der Waals surface area (Å²) in [4.78, 5) is 11.7. The Hall–Kier alpha value is -1.72. The second-order valence-electron chi connectivity index (χ2n) is 4.38. The number of hydrogen-bond acceptors (Lipinski definition) is 3. The summed E-state index contributed by atoms with van der Waals surface area (Å²) in [5.74, 6) is -1.64. The van der Waals surface area contributed by atoms with Crippen molar-refractivity contribution in [2.75, 3.05) is 6.54 Å². The Morgan fingerprint density at radius 3 is 2.63 bits per heavy atom. The fourth-order valence-corrected chi connectivity index (χ4v) is 2.82. The molecule has 19 heavy (non-hydrogen) atoms. The van der Waals surface area contributed by atoms with Crippen molar-refractivity contribution in [1.82, 2.24) is 0 Å². The molecule has 2 rings (SSSR count). The van der Waals surface area contributed by atoms with Crippen LogP contribution in [0.4, 0.5) is 4.39 Å². The molecule has 1 aromatic heterocycles. The number of aliphatic carboxylic acids is 1. The number of carbonyl (C=O) groups is 1. The Kier molecular flexibility index (Phi) is 3.97. The number of rotatable bonds is 5. The normalized spacial score (nSPS) is 14.0. The fourth-order valence-electron chi connectivity index (χ4n) is 2.15. The van der Waals surface area contributed by atoms with Crippen molar-refractivity contribution in [3.8, 4) is 0 Å². The van der Waals surface area contributed by atoms with Gasteiger partial charge in [-0.05, 0) is 34.9 Å². The van der Waals surface area contributed by atoms with Crippen LogP contribution in [0.2, 0.25) is 0 Å². The zero-order valence-corrected chi connectivity index (χ0v) is 11.0. The quantitative estimate of drug-likeness (QED) is 0.883. The summed E-state index contributed by atoms with van der Waals surface area (Å²) in [5.41, 5.74) is 5.24. The highest BCUT2D eigenvalue weighted by Crippen LogP contribution is 2.31. The predicted octanol–water partition coefficient (Wildman–Crippen LogP) is 2.41. The van der Waals surface area contributed by atoms with Crippen LogP contribution in [0.5, 0.6) is 0 Å². The molecule has 0 aliphatic heterocycles. The van der Waals surface area contributed by atoms with Gasteiger partial charge in [0, 0.05) is 12.1 Å². The van der Waals surface area contributed by atoms with Crippen molar-refractivity contribution < 1.29 is 14.3 Å². The molecular formula is C14H14FNO2S. The van der Waals surface area contributed by atoms with Gasteiger partial charge in [0.25, 0.3) is 0 Å². The standard InChI is InChI=1S/C14H14FNO2S/c15-12-4-2-1-3-11(12)14(9-16,13(17)18)7-10-5-6-19-8-10/h1-6,8H,7,9,16H2,(H,17,18). The van der Waals surface area contributed by atoms with Crippen LogP contribution in [0.1, 0.15) is 11.1 Å². The lowest BCUT2D eigenvalue weighted by Crippen LogP contribution is -2.45. The van der Waals surface area contributed by atoms with Crippen molar-refractivity contribution in [2.45, 2.75) is 11.8 Å². The SMILES string of the molecule is NCC(Cc1ccsc1)(C(=O)O)c1ccccc1F. The summed E-state index contributed by atoms with van der Waals surface area (Å²) in [5, 5.41) is 13.3. The molecule has 5 heteroatoms. The number of benzene rings is 1. The fraction of sp³-hybridized carbons (Fsp3) is 0.214. The number of hydrogen-bond donors (Lipinski definition) is 2. The minimum Gasteiger partial charge on any atom is -0.481 e. The molecule has 0 spiro atoms. The van der Waals surface area contributed by atoms with Crippen LogP contribution in [0.25, 0.3) is 0 Å². The molecule has 1 atom stereocenters. The highest BCUT2D eigenvalue weighted by molar-refractivity contribution is 7.07. The van der Waals surface area contributed by atoms with E-state index >= 15 is 0 Å². The Bertz CT molecular complexity index is 571. The monoisotopic (exact) mass is 279 g/mol. The van der Waals surface area contributed by atoms with E-state index in [1.165, 1.54) is 29.5 Å². The number of halogens is 1. The molecule has 0 fully saturated rings. The molecule has 0 saturated heterocycles. The molecule has 3 nitrogen and oxygen atoms in total. The summed E-state index contributed by atoms with van der Waals surface area (Å²) in [6.45, 7) is -0.154. The average molecular weight is 279 g/mol. The lowest BCUT2D eigenvalue weighted by Gasteiger charge is -2.28. The molecule has 1 aromatic carbocycles. The first-order chi connectivity index (χ1) is 9.10. The van der Waals surface area contributed by atoms with Gasteiger partial charge in [0.1, 0.15) is 11.2 Å². The zero-order chi connectivity index (χ0) is 13.9. The number of thiophene rings is 1. The highest BCUT2D eigenvalue weighted by atomic mass is 32.1. The van der Waals surface area contributed by atoms with Gasteiger partial charge in [-0.3, -0.25) is 4.79 Å². The highest BCUT2D eigenvalue weighted by Gasteiger charge is 2.41. The van der Waals surface area contributed by atoms with E-state index in [2.05, 4.69) is 0 Å². The van der Waals surface area contributed by atoms with E-state index in [0.29, 0.717) is 0 Å². The van der Waals surface area contributed by atoms with Crippen molar-refractivity contribution in [3.63, 3.8) is 0 Å². The van der Waals surface area contributed by atoms with E-state index in [0.717, 1.165) is 5.56 Å². The second kappa shape index (κ2) is 5.50. The van der Waals surface area contributed by atoms with Crippen LogP contribution in [-0.2, 0) is 16.6 Å². The van der Waals surface area contributed by atoms with Gasteiger partial charge in [-0.2, -0.15) is 11.3 Å². The summed E-state index contributed by atoms with van der Waals surface area (Å²) in [6.07, 6.45) is 0.184. The van der Waals surface area contributed by atoms with E-state index in [1.807, 2.05) is 16.8 Å². The number of carboxylic acid groups (broad SMARTS) is 1. The van der Waals surface area contributed by atoms with E-state index in [9.17, 15) is 14.3 Å². The van der Waals surface area contributed by atoms with Crippen LogP contribution < -0.4 is 5.73 Å². The van der Waals surface area contributed by atoms with Crippen LogP contribution in [0, 0.1) is 5.82 Å². The predicted molar refractivity (Wildman–Crippen MR) is 72.8 cm³/mol. The van der Waals surface area contributed by atoms with Crippen molar-refractivity contribution in [3.05, 3.63) is 58.0 Å². The van der Waals surface area contributed by atoms with Gasteiger partial charge < -0.3 is 10.8 Å². The lowest BCUT2D eigenvalue weighted by molar-refractivity contribution is -0.143. The van der Waals surface area contributed by atoms with Gasteiger partial charge >= 0.3 is 5.97 Å². The van der Waals surface area contributed by atoms with Crippen molar-refractivity contribution in [1.29, 1.82) is 0 Å². The summed E-state index contributed by atoms with van der Waals surface area (Å²) in [6, 6.07) is 7.74. The molecule has 0 saturated carbocycles. The van der Waals surface area contributed by atoms with Crippen LogP contribution in [0.15, 0.2) is 41.1 Å². The Labute approximate surface area is 114 Å². The third kappa shape index (κ3) is 2.52. The molecular weight excluding hydrogens is 265 g/mol. The van der Waals surface area contributed by atoms with Crippen molar-refractivity contribution >= 4 is 17.3 Å². The molecule has 0 radical (unpaired) electrons. The Morgan fingerprint density at radius 1 is 1.37 bits per heavy atom.